The molecule has 0 bridgehead atoms. The summed E-state index contributed by atoms with van der Waals surface area (Å²) in [6, 6.07) is 10.1. The van der Waals surface area contributed by atoms with Gasteiger partial charge in [0.15, 0.2) is 0 Å². The van der Waals surface area contributed by atoms with Gasteiger partial charge in [0.05, 0.1) is 11.0 Å². The first-order chi connectivity index (χ1) is 12.6. The van der Waals surface area contributed by atoms with Gasteiger partial charge in [-0.05, 0) is 52.5 Å². The highest BCUT2D eigenvalue weighted by Crippen LogP contribution is 2.25. The molecule has 1 aromatic carbocycles. The zero-order chi connectivity index (χ0) is 18.5. The third-order valence-electron chi connectivity index (χ3n) is 4.67. The maximum atomic E-state index is 12.4. The number of halogens is 1. The molecule has 1 N–H and O–H groups in total. The van der Waals surface area contributed by atoms with Gasteiger partial charge in [0.1, 0.15) is 5.82 Å². The topological polar surface area (TPSA) is 48.5 Å². The fourth-order valence-corrected chi connectivity index (χ4v) is 3.93. The van der Waals surface area contributed by atoms with Crippen LogP contribution in [-0.4, -0.2) is 48.5 Å². The molecule has 0 aliphatic carbocycles. The number of rotatable bonds is 5. The third kappa shape index (κ3) is 4.62. The Balaban J connectivity index is 1.53. The molecule has 3 rings (SSSR count). The van der Waals surface area contributed by atoms with Gasteiger partial charge in [0.25, 0.3) is 0 Å². The molecule has 138 valence electrons. The van der Waals surface area contributed by atoms with Crippen LogP contribution < -0.4 is 10.2 Å². The fourth-order valence-electron chi connectivity index (χ4n) is 3.22. The van der Waals surface area contributed by atoms with Crippen molar-refractivity contribution < 1.29 is 4.79 Å². The highest BCUT2D eigenvalue weighted by Gasteiger charge is 2.21. The van der Waals surface area contributed by atoms with Crippen molar-refractivity contribution in [3.05, 3.63) is 52.1 Å². The van der Waals surface area contributed by atoms with E-state index in [-0.39, 0.29) is 5.91 Å². The van der Waals surface area contributed by atoms with Gasteiger partial charge in [-0.15, -0.1) is 0 Å². The van der Waals surface area contributed by atoms with Crippen LogP contribution in [0.25, 0.3) is 0 Å². The molecule has 1 aliphatic rings. The predicted octanol–water partition coefficient (Wildman–Crippen LogP) is 3.48. The standard InChI is InChI=1S/C20H25BrN4O/c1-3-16-6-4-5-7-18(16)23-19(26)14-24-8-10-25(11-9-24)20-17(21)12-15(2)13-22-20/h4-7,12-13H,3,8-11,14H2,1-2H3,(H,23,26). The quantitative estimate of drug-likeness (QED) is 0.810. The Bertz CT molecular complexity index is 772. The number of carbonyl (C=O) groups excluding carboxylic acids is 1. The lowest BCUT2D eigenvalue weighted by molar-refractivity contribution is -0.117. The van der Waals surface area contributed by atoms with Crippen molar-refractivity contribution in [2.75, 3.05) is 42.9 Å². The Morgan fingerprint density at radius 1 is 1.23 bits per heavy atom. The van der Waals surface area contributed by atoms with Crippen LogP contribution in [0.5, 0.6) is 0 Å². The zero-order valence-corrected chi connectivity index (χ0v) is 16.9. The number of aromatic nitrogens is 1. The zero-order valence-electron chi connectivity index (χ0n) is 15.3. The highest BCUT2D eigenvalue weighted by molar-refractivity contribution is 9.10. The summed E-state index contributed by atoms with van der Waals surface area (Å²) >= 11 is 3.61. The van der Waals surface area contributed by atoms with E-state index in [4.69, 9.17) is 0 Å². The van der Waals surface area contributed by atoms with E-state index in [9.17, 15) is 4.79 Å². The fraction of sp³-hybridized carbons (Fsp3) is 0.400. The lowest BCUT2D eigenvalue weighted by atomic mass is 10.1. The number of hydrogen-bond acceptors (Lipinski definition) is 4. The minimum Gasteiger partial charge on any atom is -0.353 e. The molecule has 0 atom stereocenters. The molecule has 6 heteroatoms. The van der Waals surface area contributed by atoms with Crippen molar-refractivity contribution in [1.29, 1.82) is 0 Å². The van der Waals surface area contributed by atoms with Gasteiger partial charge in [0, 0.05) is 38.1 Å². The van der Waals surface area contributed by atoms with Gasteiger partial charge in [0.2, 0.25) is 5.91 Å². The number of nitrogens with zero attached hydrogens (tertiary/aromatic N) is 3. The minimum absolute atomic E-state index is 0.0500. The van der Waals surface area contributed by atoms with E-state index in [1.807, 2.05) is 31.3 Å². The largest absolute Gasteiger partial charge is 0.353 e. The molecular weight excluding hydrogens is 392 g/mol. The van der Waals surface area contributed by atoms with Gasteiger partial charge >= 0.3 is 0 Å². The van der Waals surface area contributed by atoms with Crippen molar-refractivity contribution in [3.8, 4) is 0 Å². The molecule has 1 fully saturated rings. The second-order valence-corrected chi connectivity index (χ2v) is 7.49. The first-order valence-corrected chi connectivity index (χ1v) is 9.83. The number of nitrogens with one attached hydrogen (secondary N) is 1. The van der Waals surface area contributed by atoms with Crippen LogP contribution in [0.2, 0.25) is 0 Å². The Labute approximate surface area is 163 Å². The van der Waals surface area contributed by atoms with E-state index >= 15 is 0 Å². The van der Waals surface area contributed by atoms with E-state index in [0.717, 1.165) is 54.1 Å². The smallest absolute Gasteiger partial charge is 0.238 e. The van der Waals surface area contributed by atoms with Crippen molar-refractivity contribution in [2.24, 2.45) is 0 Å². The van der Waals surface area contributed by atoms with Crippen LogP contribution in [0.4, 0.5) is 11.5 Å². The van der Waals surface area contributed by atoms with E-state index in [1.54, 1.807) is 0 Å². The Hall–Kier alpha value is -1.92. The monoisotopic (exact) mass is 416 g/mol. The van der Waals surface area contributed by atoms with E-state index < -0.39 is 0 Å². The van der Waals surface area contributed by atoms with Crippen molar-refractivity contribution in [1.82, 2.24) is 9.88 Å². The predicted molar refractivity (Wildman–Crippen MR) is 110 cm³/mol. The Kier molecular flexibility index (Phi) is 6.27. The van der Waals surface area contributed by atoms with E-state index in [0.29, 0.717) is 6.54 Å². The van der Waals surface area contributed by atoms with Crippen LogP contribution >= 0.6 is 15.9 Å². The minimum atomic E-state index is 0.0500. The normalized spacial score (nSPS) is 15.1. The third-order valence-corrected chi connectivity index (χ3v) is 5.25. The number of aryl methyl sites for hydroxylation is 2. The molecule has 26 heavy (non-hydrogen) atoms. The molecule has 0 spiro atoms. The van der Waals surface area contributed by atoms with Gasteiger partial charge in [-0.3, -0.25) is 9.69 Å². The first-order valence-electron chi connectivity index (χ1n) is 9.04. The molecule has 1 aromatic heterocycles. The van der Waals surface area contributed by atoms with Gasteiger partial charge in [-0.1, -0.05) is 25.1 Å². The maximum Gasteiger partial charge on any atom is 0.238 e. The van der Waals surface area contributed by atoms with Crippen molar-refractivity contribution >= 4 is 33.3 Å². The van der Waals surface area contributed by atoms with Crippen molar-refractivity contribution in [2.45, 2.75) is 20.3 Å². The van der Waals surface area contributed by atoms with Crippen LogP contribution in [0, 0.1) is 6.92 Å². The number of amides is 1. The van der Waals surface area contributed by atoms with Crippen molar-refractivity contribution in [3.63, 3.8) is 0 Å². The number of pyridine rings is 1. The van der Waals surface area contributed by atoms with Crippen LogP contribution in [0.1, 0.15) is 18.1 Å². The summed E-state index contributed by atoms with van der Waals surface area (Å²) in [4.78, 5) is 21.4. The molecule has 0 unspecified atom stereocenters. The molecule has 0 radical (unpaired) electrons. The Morgan fingerprint density at radius 2 is 1.96 bits per heavy atom. The average molecular weight is 417 g/mol. The van der Waals surface area contributed by atoms with Gasteiger partial charge in [-0.2, -0.15) is 0 Å². The van der Waals surface area contributed by atoms with E-state index in [1.165, 1.54) is 5.56 Å². The highest BCUT2D eigenvalue weighted by atomic mass is 79.9. The molecule has 2 heterocycles. The number of hydrogen-bond donors (Lipinski definition) is 1. The summed E-state index contributed by atoms with van der Waals surface area (Å²) in [5, 5.41) is 3.05. The molecule has 1 aliphatic heterocycles. The number of anilines is 2. The van der Waals surface area contributed by atoms with E-state index in [2.05, 4.69) is 55.1 Å². The van der Waals surface area contributed by atoms with Crippen LogP contribution in [0.15, 0.2) is 41.0 Å². The molecule has 1 amide bonds. The first kappa shape index (κ1) is 18.9. The molecular formula is C20H25BrN4O. The lowest BCUT2D eigenvalue weighted by Crippen LogP contribution is -2.49. The molecule has 1 saturated heterocycles. The van der Waals surface area contributed by atoms with Gasteiger partial charge < -0.3 is 10.2 Å². The summed E-state index contributed by atoms with van der Waals surface area (Å²) in [5.41, 5.74) is 3.23. The average Bonchev–Trinajstić information content (AvgIpc) is 2.63. The summed E-state index contributed by atoms with van der Waals surface area (Å²) in [6.07, 6.45) is 2.80. The number of benzene rings is 1. The summed E-state index contributed by atoms with van der Waals surface area (Å²) in [7, 11) is 0. The molecule has 5 nitrogen and oxygen atoms in total. The van der Waals surface area contributed by atoms with Crippen LogP contribution in [0.3, 0.4) is 0 Å². The molecule has 0 saturated carbocycles. The molecule has 2 aromatic rings. The van der Waals surface area contributed by atoms with Crippen LogP contribution in [-0.2, 0) is 11.2 Å². The summed E-state index contributed by atoms with van der Waals surface area (Å²) in [6.45, 7) is 8.00. The maximum absolute atomic E-state index is 12.4. The second kappa shape index (κ2) is 8.64. The Morgan fingerprint density at radius 3 is 2.65 bits per heavy atom. The van der Waals surface area contributed by atoms with Gasteiger partial charge in [-0.25, -0.2) is 4.98 Å². The second-order valence-electron chi connectivity index (χ2n) is 6.64. The summed E-state index contributed by atoms with van der Waals surface area (Å²) < 4.78 is 1.03. The number of para-hydroxylation sites is 1. The summed E-state index contributed by atoms with van der Waals surface area (Å²) in [5.74, 6) is 1.03. The lowest BCUT2D eigenvalue weighted by Gasteiger charge is -2.35. The number of piperazine rings is 1. The number of carbonyl (C=O) groups is 1. The SMILES string of the molecule is CCc1ccccc1NC(=O)CN1CCN(c2ncc(C)cc2Br)CC1.